The minimum absolute atomic E-state index is 0.0382. The van der Waals surface area contributed by atoms with Crippen LogP contribution in [0.2, 0.25) is 0 Å². The van der Waals surface area contributed by atoms with Gasteiger partial charge < -0.3 is 9.72 Å². The fourth-order valence-electron chi connectivity index (χ4n) is 3.76. The van der Waals surface area contributed by atoms with Crippen LogP contribution in [0.4, 0.5) is 10.5 Å². The second-order valence-corrected chi connectivity index (χ2v) is 9.43. The number of carbonyl (C=O) groups excluding carboxylic acids is 1. The quantitative estimate of drug-likeness (QED) is 0.302. The lowest BCUT2D eigenvalue weighted by Crippen LogP contribution is -2.18. The van der Waals surface area contributed by atoms with Crippen molar-refractivity contribution >= 4 is 32.8 Å². The first-order valence-corrected chi connectivity index (χ1v) is 12.4. The largest absolute Gasteiger partial charge is 0.444 e. The van der Waals surface area contributed by atoms with Crippen molar-refractivity contribution in [2.75, 3.05) is 11.9 Å². The fraction of sp³-hybridized carbons (Fsp3) is 0.192. The van der Waals surface area contributed by atoms with Gasteiger partial charge in [0, 0.05) is 28.2 Å². The summed E-state index contributed by atoms with van der Waals surface area (Å²) in [4.78, 5) is 15.9. The Morgan fingerprint density at radius 2 is 1.74 bits per heavy atom. The number of hydrogen-bond donors (Lipinski definition) is 2. The zero-order chi connectivity index (χ0) is 24.1. The molecule has 34 heavy (non-hydrogen) atoms. The van der Waals surface area contributed by atoms with Crippen LogP contribution in [0, 0.1) is 6.92 Å². The molecule has 0 radical (unpaired) electrons. The third kappa shape index (κ3) is 4.98. The maximum absolute atomic E-state index is 13.0. The molecular formula is C26H26N2O5S. The average molecular weight is 479 g/mol. The Kier molecular flexibility index (Phi) is 7.00. The van der Waals surface area contributed by atoms with Gasteiger partial charge in [-0.25, -0.2) is 4.79 Å². The number of aromatic nitrogens is 1. The first-order chi connectivity index (χ1) is 16.4. The molecule has 8 heteroatoms. The molecule has 7 nitrogen and oxygen atoms in total. The van der Waals surface area contributed by atoms with Crippen LogP contribution in [-0.4, -0.2) is 26.1 Å². The van der Waals surface area contributed by atoms with Gasteiger partial charge in [-0.2, -0.15) is 8.42 Å². The molecule has 0 spiro atoms. The Labute approximate surface area is 198 Å². The van der Waals surface area contributed by atoms with Crippen molar-refractivity contribution in [3.05, 3.63) is 84.1 Å². The molecule has 0 unspecified atom stereocenters. The topological polar surface area (TPSA) is 97.5 Å². The number of rotatable bonds is 8. The van der Waals surface area contributed by atoms with E-state index in [9.17, 15) is 13.2 Å². The number of H-pyrrole nitrogens is 1. The third-order valence-electron chi connectivity index (χ3n) is 5.39. The molecule has 1 aromatic heterocycles. The molecular weight excluding hydrogens is 452 g/mol. The normalized spacial score (nSPS) is 11.5. The molecule has 3 aromatic carbocycles. The molecule has 0 fully saturated rings. The standard InChI is InChI=1S/C26H26N2O5S/c1-3-15-33-34(30,31)23-14-13-18(2)24(21-16-27-22-12-8-7-11-20(21)22)25(23)28-26(29)32-17-19-9-5-4-6-10-19/h4-14,16,27H,3,15,17H2,1-2H3,(H,28,29). The molecule has 0 aliphatic rings. The summed E-state index contributed by atoms with van der Waals surface area (Å²) >= 11 is 0. The Hall–Kier alpha value is -3.62. The second kappa shape index (κ2) is 10.1. The molecule has 0 atom stereocenters. The highest BCUT2D eigenvalue weighted by molar-refractivity contribution is 7.87. The van der Waals surface area contributed by atoms with Crippen molar-refractivity contribution in [3.8, 4) is 11.1 Å². The summed E-state index contributed by atoms with van der Waals surface area (Å²) < 4.78 is 36.7. The number of hydrogen-bond acceptors (Lipinski definition) is 5. The van der Waals surface area contributed by atoms with Crippen LogP contribution in [0.15, 0.2) is 77.8 Å². The minimum Gasteiger partial charge on any atom is -0.444 e. The molecule has 0 aliphatic carbocycles. The van der Waals surface area contributed by atoms with Gasteiger partial charge in [0.25, 0.3) is 10.1 Å². The van der Waals surface area contributed by atoms with Crippen molar-refractivity contribution in [3.63, 3.8) is 0 Å². The molecule has 4 aromatic rings. The van der Waals surface area contributed by atoms with Crippen LogP contribution in [0.5, 0.6) is 0 Å². The smallest absolute Gasteiger partial charge is 0.412 e. The maximum atomic E-state index is 13.0. The lowest BCUT2D eigenvalue weighted by molar-refractivity contribution is 0.155. The number of nitrogens with one attached hydrogen (secondary N) is 2. The van der Waals surface area contributed by atoms with E-state index >= 15 is 0 Å². The van der Waals surface area contributed by atoms with E-state index < -0.39 is 16.2 Å². The minimum atomic E-state index is -4.13. The number of aryl methyl sites for hydroxylation is 1. The van der Waals surface area contributed by atoms with Gasteiger partial charge in [-0.1, -0.05) is 61.5 Å². The van der Waals surface area contributed by atoms with E-state index in [4.69, 9.17) is 8.92 Å². The van der Waals surface area contributed by atoms with Crippen molar-refractivity contribution in [1.29, 1.82) is 0 Å². The van der Waals surface area contributed by atoms with Gasteiger partial charge in [0.05, 0.1) is 12.3 Å². The Balaban J connectivity index is 1.79. The molecule has 176 valence electrons. The van der Waals surface area contributed by atoms with E-state index in [2.05, 4.69) is 10.3 Å². The van der Waals surface area contributed by atoms with E-state index in [1.807, 2.05) is 68.4 Å². The molecule has 1 heterocycles. The number of ether oxygens (including phenoxy) is 1. The molecule has 0 saturated carbocycles. The second-order valence-electron chi connectivity index (χ2n) is 7.84. The average Bonchev–Trinajstić information content (AvgIpc) is 3.26. The molecule has 4 rings (SSSR count). The van der Waals surface area contributed by atoms with Crippen LogP contribution in [-0.2, 0) is 25.6 Å². The first-order valence-electron chi connectivity index (χ1n) is 11.0. The Morgan fingerprint density at radius 1 is 1.00 bits per heavy atom. The van der Waals surface area contributed by atoms with Crippen molar-refractivity contribution < 1.29 is 22.1 Å². The van der Waals surface area contributed by atoms with Gasteiger partial charge >= 0.3 is 6.09 Å². The predicted octanol–water partition coefficient (Wildman–Crippen LogP) is 6.01. The van der Waals surface area contributed by atoms with E-state index in [1.165, 1.54) is 6.07 Å². The number of carbonyl (C=O) groups is 1. The highest BCUT2D eigenvalue weighted by Crippen LogP contribution is 2.40. The first kappa shape index (κ1) is 23.5. The molecule has 1 amide bonds. The zero-order valence-electron chi connectivity index (χ0n) is 19.0. The van der Waals surface area contributed by atoms with Gasteiger partial charge in [0.15, 0.2) is 0 Å². The monoisotopic (exact) mass is 478 g/mol. The summed E-state index contributed by atoms with van der Waals surface area (Å²) in [6.07, 6.45) is 1.57. The zero-order valence-corrected chi connectivity index (χ0v) is 19.8. The summed E-state index contributed by atoms with van der Waals surface area (Å²) in [7, 11) is -4.13. The number of anilines is 1. The van der Waals surface area contributed by atoms with E-state index in [0.29, 0.717) is 12.0 Å². The summed E-state index contributed by atoms with van der Waals surface area (Å²) in [6.45, 7) is 3.77. The predicted molar refractivity (Wildman–Crippen MR) is 132 cm³/mol. The van der Waals surface area contributed by atoms with Gasteiger partial charge in [0.1, 0.15) is 11.5 Å². The molecule has 0 aliphatic heterocycles. The van der Waals surface area contributed by atoms with Gasteiger partial charge in [0.2, 0.25) is 0 Å². The Morgan fingerprint density at radius 3 is 2.50 bits per heavy atom. The molecule has 0 bridgehead atoms. The Bertz CT molecular complexity index is 1410. The number of aromatic amines is 1. The van der Waals surface area contributed by atoms with Crippen LogP contribution >= 0.6 is 0 Å². The number of para-hydroxylation sites is 1. The van der Waals surface area contributed by atoms with Gasteiger partial charge in [-0.15, -0.1) is 0 Å². The van der Waals surface area contributed by atoms with Crippen LogP contribution in [0.3, 0.4) is 0 Å². The van der Waals surface area contributed by atoms with E-state index in [-0.39, 0.29) is 23.8 Å². The van der Waals surface area contributed by atoms with E-state index in [1.54, 1.807) is 12.3 Å². The highest BCUT2D eigenvalue weighted by atomic mass is 32.2. The van der Waals surface area contributed by atoms with Gasteiger partial charge in [-0.3, -0.25) is 9.50 Å². The molecule has 0 saturated heterocycles. The van der Waals surface area contributed by atoms with Crippen LogP contribution < -0.4 is 5.32 Å². The third-order valence-corrected chi connectivity index (χ3v) is 6.74. The SMILES string of the molecule is CCCOS(=O)(=O)c1ccc(C)c(-c2c[nH]c3ccccc23)c1NC(=O)OCc1ccccc1. The number of fused-ring (bicyclic) bond motifs is 1. The van der Waals surface area contributed by atoms with Crippen LogP contribution in [0.25, 0.3) is 22.0 Å². The summed E-state index contributed by atoms with van der Waals surface area (Å²) in [6, 6.07) is 20.1. The summed E-state index contributed by atoms with van der Waals surface area (Å²) in [5, 5.41) is 3.59. The van der Waals surface area contributed by atoms with Crippen molar-refractivity contribution in [2.24, 2.45) is 0 Å². The fourth-order valence-corrected chi connectivity index (χ4v) is 4.91. The summed E-state index contributed by atoms with van der Waals surface area (Å²) in [5.41, 5.74) is 3.97. The van der Waals surface area contributed by atoms with E-state index in [0.717, 1.165) is 27.6 Å². The van der Waals surface area contributed by atoms with Crippen molar-refractivity contribution in [2.45, 2.75) is 31.8 Å². The number of benzene rings is 3. The van der Waals surface area contributed by atoms with Gasteiger partial charge in [-0.05, 0) is 36.6 Å². The molecule has 2 N–H and O–H groups in total. The van der Waals surface area contributed by atoms with Crippen LogP contribution in [0.1, 0.15) is 24.5 Å². The van der Waals surface area contributed by atoms with Crippen molar-refractivity contribution in [1.82, 2.24) is 4.98 Å². The highest BCUT2D eigenvalue weighted by Gasteiger charge is 2.26. The lowest BCUT2D eigenvalue weighted by Gasteiger charge is -2.18. The summed E-state index contributed by atoms with van der Waals surface area (Å²) in [5.74, 6) is 0. The lowest BCUT2D eigenvalue weighted by atomic mass is 9.98. The maximum Gasteiger partial charge on any atom is 0.412 e. The number of amides is 1.